The van der Waals surface area contributed by atoms with Gasteiger partial charge < -0.3 is 5.32 Å². The third-order valence-corrected chi connectivity index (χ3v) is 4.27. The number of rotatable bonds is 3. The van der Waals surface area contributed by atoms with E-state index in [1.807, 2.05) is 26.2 Å². The summed E-state index contributed by atoms with van der Waals surface area (Å²) in [5.74, 6) is 1.56. The molecular formula is C16H18N6. The number of nitrogens with one attached hydrogen (secondary N) is 1. The Morgan fingerprint density at radius 1 is 1.23 bits per heavy atom. The first-order chi connectivity index (χ1) is 10.6. The number of hydrogen-bond donors (Lipinski definition) is 1. The van der Waals surface area contributed by atoms with E-state index in [-0.39, 0.29) is 5.54 Å². The first-order valence-electron chi connectivity index (χ1n) is 7.45. The molecule has 0 radical (unpaired) electrons. The summed E-state index contributed by atoms with van der Waals surface area (Å²) in [6, 6.07) is 1.92. The second kappa shape index (κ2) is 4.50. The highest BCUT2D eigenvalue weighted by atomic mass is 15.3. The van der Waals surface area contributed by atoms with E-state index in [4.69, 9.17) is 4.98 Å². The summed E-state index contributed by atoms with van der Waals surface area (Å²) in [6.07, 6.45) is 7.75. The van der Waals surface area contributed by atoms with Crippen LogP contribution in [0.1, 0.15) is 25.3 Å². The van der Waals surface area contributed by atoms with Gasteiger partial charge in [0.15, 0.2) is 5.82 Å². The van der Waals surface area contributed by atoms with Gasteiger partial charge in [0, 0.05) is 30.4 Å². The predicted octanol–water partition coefficient (Wildman–Crippen LogP) is 2.70. The fraction of sp³-hybridized carbons (Fsp3) is 0.375. The summed E-state index contributed by atoms with van der Waals surface area (Å²) in [5.41, 5.74) is 2.99. The van der Waals surface area contributed by atoms with Gasteiger partial charge in [-0.15, -0.1) is 0 Å². The molecule has 0 spiro atoms. The Bertz CT molecular complexity index is 862. The van der Waals surface area contributed by atoms with Crippen LogP contribution in [0.5, 0.6) is 0 Å². The topological polar surface area (TPSA) is 68.5 Å². The van der Waals surface area contributed by atoms with Crippen molar-refractivity contribution in [2.75, 3.05) is 5.32 Å². The van der Waals surface area contributed by atoms with Gasteiger partial charge in [-0.3, -0.25) is 9.67 Å². The van der Waals surface area contributed by atoms with Crippen molar-refractivity contribution < 1.29 is 0 Å². The first kappa shape index (κ1) is 13.2. The summed E-state index contributed by atoms with van der Waals surface area (Å²) in [5, 5.41) is 8.85. The van der Waals surface area contributed by atoms with E-state index in [0.717, 1.165) is 28.0 Å². The number of pyridine rings is 1. The fourth-order valence-electron chi connectivity index (χ4n) is 2.64. The maximum Gasteiger partial charge on any atom is 0.180 e. The van der Waals surface area contributed by atoms with Gasteiger partial charge in [0.2, 0.25) is 0 Å². The molecule has 0 aromatic carbocycles. The average Bonchev–Trinajstić information content (AvgIpc) is 3.04. The molecule has 3 aromatic heterocycles. The van der Waals surface area contributed by atoms with Crippen molar-refractivity contribution >= 4 is 16.7 Å². The summed E-state index contributed by atoms with van der Waals surface area (Å²) in [6.45, 7) is 4.27. The minimum absolute atomic E-state index is 0.153. The van der Waals surface area contributed by atoms with Gasteiger partial charge in [-0.1, -0.05) is 0 Å². The molecule has 0 bridgehead atoms. The van der Waals surface area contributed by atoms with Crippen LogP contribution in [-0.4, -0.2) is 30.3 Å². The molecule has 6 heteroatoms. The highest BCUT2D eigenvalue weighted by Gasteiger charge is 2.38. The molecular weight excluding hydrogens is 276 g/mol. The molecule has 0 aliphatic heterocycles. The lowest BCUT2D eigenvalue weighted by molar-refractivity contribution is 0.769. The smallest absolute Gasteiger partial charge is 0.180 e. The van der Waals surface area contributed by atoms with Crippen molar-refractivity contribution in [3.8, 4) is 11.5 Å². The van der Waals surface area contributed by atoms with Gasteiger partial charge in [0.1, 0.15) is 11.5 Å². The van der Waals surface area contributed by atoms with E-state index in [9.17, 15) is 0 Å². The molecule has 0 unspecified atom stereocenters. The van der Waals surface area contributed by atoms with Gasteiger partial charge in [-0.25, -0.2) is 9.97 Å². The van der Waals surface area contributed by atoms with Crippen LogP contribution in [-0.2, 0) is 7.05 Å². The highest BCUT2D eigenvalue weighted by Crippen LogP contribution is 2.39. The Morgan fingerprint density at radius 2 is 2.05 bits per heavy atom. The quantitative estimate of drug-likeness (QED) is 0.804. The fourth-order valence-corrected chi connectivity index (χ4v) is 2.64. The molecule has 1 saturated carbocycles. The van der Waals surface area contributed by atoms with Gasteiger partial charge in [-0.05, 0) is 38.3 Å². The number of hydrogen-bond acceptors (Lipinski definition) is 5. The van der Waals surface area contributed by atoms with Gasteiger partial charge in [0.25, 0.3) is 0 Å². The molecule has 0 atom stereocenters. The van der Waals surface area contributed by atoms with Crippen molar-refractivity contribution in [1.29, 1.82) is 0 Å². The zero-order valence-corrected chi connectivity index (χ0v) is 13.0. The summed E-state index contributed by atoms with van der Waals surface area (Å²) < 4.78 is 1.78. The third-order valence-electron chi connectivity index (χ3n) is 4.27. The Labute approximate surface area is 128 Å². The monoisotopic (exact) mass is 294 g/mol. The van der Waals surface area contributed by atoms with Crippen LogP contribution >= 0.6 is 0 Å². The molecule has 1 aliphatic carbocycles. The van der Waals surface area contributed by atoms with Gasteiger partial charge in [-0.2, -0.15) is 5.10 Å². The lowest BCUT2D eigenvalue weighted by atomic mass is 10.1. The van der Waals surface area contributed by atoms with Gasteiger partial charge >= 0.3 is 0 Å². The van der Waals surface area contributed by atoms with E-state index in [0.29, 0.717) is 5.82 Å². The van der Waals surface area contributed by atoms with Crippen molar-refractivity contribution in [3.05, 3.63) is 30.2 Å². The summed E-state index contributed by atoms with van der Waals surface area (Å²) in [4.78, 5) is 13.7. The lowest BCUT2D eigenvalue weighted by Gasteiger charge is -2.16. The summed E-state index contributed by atoms with van der Waals surface area (Å²) in [7, 11) is 1.90. The molecule has 3 aromatic rings. The lowest BCUT2D eigenvalue weighted by Crippen LogP contribution is -2.18. The number of fused-ring (bicyclic) bond motifs is 1. The first-order valence-corrected chi connectivity index (χ1v) is 7.45. The molecule has 1 fully saturated rings. The minimum atomic E-state index is 0.153. The highest BCUT2D eigenvalue weighted by molar-refractivity contribution is 5.92. The molecule has 6 nitrogen and oxygen atoms in total. The zero-order chi connectivity index (χ0) is 15.3. The average molecular weight is 294 g/mol. The van der Waals surface area contributed by atoms with Crippen molar-refractivity contribution in [1.82, 2.24) is 24.7 Å². The maximum absolute atomic E-state index is 4.78. The van der Waals surface area contributed by atoms with Crippen LogP contribution < -0.4 is 5.32 Å². The number of aromatic nitrogens is 5. The van der Waals surface area contributed by atoms with Crippen LogP contribution in [0.2, 0.25) is 0 Å². The Kier molecular flexibility index (Phi) is 2.69. The number of anilines is 1. The third kappa shape index (κ3) is 2.11. The second-order valence-electron chi connectivity index (χ2n) is 6.27. The molecule has 0 amide bonds. The molecule has 4 rings (SSSR count). The maximum atomic E-state index is 4.78. The normalized spacial score (nSPS) is 16.0. The second-order valence-corrected chi connectivity index (χ2v) is 6.27. The Hall–Kier alpha value is -2.50. The molecule has 1 aliphatic rings. The van der Waals surface area contributed by atoms with E-state index in [1.54, 1.807) is 17.1 Å². The van der Waals surface area contributed by atoms with E-state index in [1.165, 1.54) is 12.8 Å². The Morgan fingerprint density at radius 3 is 2.73 bits per heavy atom. The van der Waals surface area contributed by atoms with Crippen LogP contribution in [0.3, 0.4) is 0 Å². The number of nitrogens with zero attached hydrogens (tertiary/aromatic N) is 5. The molecule has 1 N–H and O–H groups in total. The van der Waals surface area contributed by atoms with E-state index >= 15 is 0 Å². The zero-order valence-electron chi connectivity index (χ0n) is 13.0. The van der Waals surface area contributed by atoms with Crippen molar-refractivity contribution in [3.63, 3.8) is 0 Å². The molecule has 22 heavy (non-hydrogen) atoms. The van der Waals surface area contributed by atoms with Crippen LogP contribution in [0.15, 0.2) is 24.7 Å². The van der Waals surface area contributed by atoms with Crippen molar-refractivity contribution in [2.45, 2.75) is 32.2 Å². The molecule has 3 heterocycles. The number of aryl methyl sites for hydroxylation is 2. The van der Waals surface area contributed by atoms with Gasteiger partial charge in [0.05, 0.1) is 11.7 Å². The van der Waals surface area contributed by atoms with Crippen LogP contribution in [0.4, 0.5) is 5.82 Å². The SMILES string of the molecule is Cc1cncc2nc(-c3ccnn3C)nc(NC3(C)CC3)c12. The van der Waals surface area contributed by atoms with Crippen LogP contribution in [0.25, 0.3) is 22.4 Å². The predicted molar refractivity (Wildman–Crippen MR) is 85.5 cm³/mol. The molecule has 0 saturated heterocycles. The standard InChI is InChI=1S/C16H18N6/c1-10-8-17-9-11-13(10)15(21-16(2)5-6-16)20-14(19-11)12-4-7-18-22(12)3/h4,7-9H,5-6H2,1-3H3,(H,19,20,21). The summed E-state index contributed by atoms with van der Waals surface area (Å²) >= 11 is 0. The molecule has 112 valence electrons. The largest absolute Gasteiger partial charge is 0.364 e. The Balaban J connectivity index is 1.95. The van der Waals surface area contributed by atoms with E-state index in [2.05, 4.69) is 27.3 Å². The minimum Gasteiger partial charge on any atom is -0.364 e. The van der Waals surface area contributed by atoms with Crippen molar-refractivity contribution in [2.24, 2.45) is 7.05 Å². The van der Waals surface area contributed by atoms with E-state index < -0.39 is 0 Å². The van der Waals surface area contributed by atoms with Crippen LogP contribution in [0, 0.1) is 6.92 Å².